The molecule has 0 atom stereocenters. The average molecular weight is 379 g/mol. The quantitative estimate of drug-likeness (QED) is 0.453. The molecule has 0 aromatic carbocycles. The minimum absolute atomic E-state index is 0.156. The van der Waals surface area contributed by atoms with E-state index in [1.54, 1.807) is 19.1 Å². The van der Waals surface area contributed by atoms with Crippen molar-refractivity contribution in [1.29, 1.82) is 0 Å². The number of carboxylic acid groups (broad SMARTS) is 1. The summed E-state index contributed by atoms with van der Waals surface area (Å²) in [5.74, 6) is -1.37. The minimum atomic E-state index is -0.833. The number of ketones is 2. The molecule has 0 fully saturated rings. The average Bonchev–Trinajstić information content (AvgIpc) is 2.70. The van der Waals surface area contributed by atoms with Crippen LogP contribution in [0.25, 0.3) is 0 Å². The fraction of sp³-hybridized carbons (Fsp3) is 0.348. The van der Waals surface area contributed by atoms with Crippen LogP contribution in [0.15, 0.2) is 73.4 Å². The van der Waals surface area contributed by atoms with Gasteiger partial charge in [-0.05, 0) is 6.92 Å². The first-order valence-electron chi connectivity index (χ1n) is 8.94. The van der Waals surface area contributed by atoms with Crippen LogP contribution in [0.3, 0.4) is 0 Å². The molecule has 1 N–H and O–H groups in total. The van der Waals surface area contributed by atoms with Gasteiger partial charge in [0.2, 0.25) is 0 Å². The van der Waals surface area contributed by atoms with Crippen molar-refractivity contribution < 1.29 is 19.5 Å². The van der Waals surface area contributed by atoms with Crippen molar-refractivity contribution in [2.24, 2.45) is 0 Å². The second-order valence-corrected chi connectivity index (χ2v) is 3.67. The molecule has 0 aliphatic heterocycles. The Morgan fingerprint density at radius 2 is 1.11 bits per heavy atom. The Morgan fingerprint density at radius 3 is 1.33 bits per heavy atom. The second kappa shape index (κ2) is 25.5. The van der Waals surface area contributed by atoms with Crippen LogP contribution < -0.4 is 0 Å². The second-order valence-electron chi connectivity index (χ2n) is 3.67. The molecule has 0 saturated carbocycles. The first kappa shape index (κ1) is 35.4. The summed E-state index contributed by atoms with van der Waals surface area (Å²) in [5.41, 5.74) is 0.965. The molecule has 4 heteroatoms. The third kappa shape index (κ3) is 15.2. The highest BCUT2D eigenvalue weighted by atomic mass is 16.4. The topological polar surface area (TPSA) is 71.4 Å². The molecule has 154 valence electrons. The van der Waals surface area contributed by atoms with Gasteiger partial charge in [0.05, 0.1) is 0 Å². The maximum atomic E-state index is 11.8. The Kier molecular flexibility index (Phi) is 33.4. The zero-order valence-corrected chi connectivity index (χ0v) is 18.4. The van der Waals surface area contributed by atoms with Gasteiger partial charge in [0.1, 0.15) is 0 Å². The molecule has 0 amide bonds. The van der Waals surface area contributed by atoms with Crippen LogP contribution in [0.5, 0.6) is 0 Å². The SMILES string of the molecule is C=C.C=CC1=C(/C=C\C)C(=O)C(=C)C(=C)C1=O.CC.CC.CC.CC(=O)O. The fourth-order valence-electron chi connectivity index (χ4n) is 1.38. The van der Waals surface area contributed by atoms with Gasteiger partial charge >= 0.3 is 0 Å². The Labute approximate surface area is 166 Å². The molecule has 0 saturated heterocycles. The van der Waals surface area contributed by atoms with E-state index in [1.165, 1.54) is 6.08 Å². The van der Waals surface area contributed by atoms with E-state index in [0.717, 1.165) is 6.92 Å². The third-order valence-corrected chi connectivity index (χ3v) is 2.23. The summed E-state index contributed by atoms with van der Waals surface area (Å²) in [4.78, 5) is 32.5. The summed E-state index contributed by atoms with van der Waals surface area (Å²) < 4.78 is 0. The van der Waals surface area contributed by atoms with Gasteiger partial charge in [-0.2, -0.15) is 0 Å². The minimum Gasteiger partial charge on any atom is -0.481 e. The number of carboxylic acids is 1. The molecule has 4 nitrogen and oxygen atoms in total. The van der Waals surface area contributed by atoms with E-state index in [4.69, 9.17) is 9.90 Å². The molecule has 1 aliphatic carbocycles. The smallest absolute Gasteiger partial charge is 0.300 e. The summed E-state index contributed by atoms with van der Waals surface area (Å²) in [6.45, 7) is 31.5. The number of rotatable bonds is 2. The predicted molar refractivity (Wildman–Crippen MR) is 119 cm³/mol. The predicted octanol–water partition coefficient (Wildman–Crippen LogP) is 6.28. The van der Waals surface area contributed by atoms with Gasteiger partial charge in [0.25, 0.3) is 5.97 Å². The highest BCUT2D eigenvalue weighted by molar-refractivity contribution is 6.30. The fourth-order valence-corrected chi connectivity index (χ4v) is 1.38. The summed E-state index contributed by atoms with van der Waals surface area (Å²) in [5, 5.41) is 7.42. The molecular weight excluding hydrogens is 340 g/mol. The molecule has 0 unspecified atom stereocenters. The molecule has 1 aliphatic rings. The standard InChI is InChI=1S/C13H12O2.C2H4O2.3C2H6.C2H4/c1-5-7-11-10(6-2)12(14)8(3)9(4)13(11)15;1-2(3)4;4*1-2/h5-7H,2-4H2,1H3;1H3,(H,3,4);3*1-2H3;1-2H2/b7-5-;;;;;. The summed E-state index contributed by atoms with van der Waals surface area (Å²) >= 11 is 0. The highest BCUT2D eigenvalue weighted by Gasteiger charge is 2.29. The first-order valence-corrected chi connectivity index (χ1v) is 8.94. The van der Waals surface area contributed by atoms with Crippen molar-refractivity contribution in [3.05, 3.63) is 73.4 Å². The van der Waals surface area contributed by atoms with Gasteiger partial charge in [-0.15, -0.1) is 13.2 Å². The van der Waals surface area contributed by atoms with Gasteiger partial charge in [0.15, 0.2) is 11.6 Å². The largest absolute Gasteiger partial charge is 0.481 e. The van der Waals surface area contributed by atoms with E-state index in [2.05, 4.69) is 32.9 Å². The van der Waals surface area contributed by atoms with Gasteiger partial charge in [0, 0.05) is 29.2 Å². The number of aliphatic carboxylic acids is 1. The lowest BCUT2D eigenvalue weighted by Gasteiger charge is -2.17. The zero-order chi connectivity index (χ0) is 23.2. The van der Waals surface area contributed by atoms with Crippen LogP contribution in [-0.4, -0.2) is 22.6 Å². The van der Waals surface area contributed by atoms with Gasteiger partial charge in [-0.3, -0.25) is 14.4 Å². The van der Waals surface area contributed by atoms with Gasteiger partial charge in [-0.1, -0.05) is 79.5 Å². The number of hydrogen-bond donors (Lipinski definition) is 1. The van der Waals surface area contributed by atoms with E-state index in [-0.39, 0.29) is 22.7 Å². The molecule has 0 aromatic heterocycles. The van der Waals surface area contributed by atoms with E-state index < -0.39 is 5.97 Å². The highest BCUT2D eigenvalue weighted by Crippen LogP contribution is 2.27. The van der Waals surface area contributed by atoms with E-state index >= 15 is 0 Å². The molecule has 27 heavy (non-hydrogen) atoms. The molecule has 0 heterocycles. The lowest BCUT2D eigenvalue weighted by molar-refractivity contribution is -0.134. The van der Waals surface area contributed by atoms with Crippen LogP contribution in [0, 0.1) is 0 Å². The van der Waals surface area contributed by atoms with Crippen molar-refractivity contribution in [2.45, 2.75) is 55.4 Å². The molecule has 0 spiro atoms. The van der Waals surface area contributed by atoms with Crippen molar-refractivity contribution in [2.75, 3.05) is 0 Å². The van der Waals surface area contributed by atoms with Crippen LogP contribution >= 0.6 is 0 Å². The molecule has 0 aromatic rings. The Bertz CT molecular complexity index is 543. The van der Waals surface area contributed by atoms with E-state index in [9.17, 15) is 9.59 Å². The van der Waals surface area contributed by atoms with E-state index in [1.807, 2.05) is 41.5 Å². The number of allylic oxidation sites excluding steroid dienone is 7. The zero-order valence-electron chi connectivity index (χ0n) is 18.4. The summed E-state index contributed by atoms with van der Waals surface area (Å²) in [7, 11) is 0. The normalized spacial score (nSPS) is 11.7. The van der Waals surface area contributed by atoms with Crippen LogP contribution in [-0.2, 0) is 14.4 Å². The van der Waals surface area contributed by atoms with Crippen molar-refractivity contribution in [1.82, 2.24) is 0 Å². The summed E-state index contributed by atoms with van der Waals surface area (Å²) in [6.07, 6.45) is 4.67. The maximum Gasteiger partial charge on any atom is 0.300 e. The van der Waals surface area contributed by atoms with Crippen molar-refractivity contribution in [3.63, 3.8) is 0 Å². The molecule has 0 radical (unpaired) electrons. The number of carbonyl (C=O) groups excluding carboxylic acids is 2. The first-order chi connectivity index (χ1) is 12.8. The van der Waals surface area contributed by atoms with Gasteiger partial charge < -0.3 is 5.11 Å². The lowest BCUT2D eigenvalue weighted by Crippen LogP contribution is -2.22. The van der Waals surface area contributed by atoms with E-state index in [0.29, 0.717) is 11.1 Å². The maximum absolute atomic E-state index is 11.8. The van der Waals surface area contributed by atoms with Crippen LogP contribution in [0.1, 0.15) is 55.4 Å². The summed E-state index contributed by atoms with van der Waals surface area (Å²) in [6, 6.07) is 0. The number of hydrogen-bond acceptors (Lipinski definition) is 3. The Hall–Kier alpha value is -2.75. The van der Waals surface area contributed by atoms with Crippen molar-refractivity contribution >= 4 is 17.5 Å². The Balaban J connectivity index is -0.000000113. The molecular formula is C23H38O4. The monoisotopic (exact) mass is 378 g/mol. The van der Waals surface area contributed by atoms with Crippen molar-refractivity contribution in [3.8, 4) is 0 Å². The number of Topliss-reactive ketones (excluding diaryl/α,β-unsaturated/α-hetero) is 2. The number of carbonyl (C=O) groups is 3. The Morgan fingerprint density at radius 1 is 0.852 bits per heavy atom. The van der Waals surface area contributed by atoms with Crippen LogP contribution in [0.2, 0.25) is 0 Å². The third-order valence-electron chi connectivity index (χ3n) is 2.23. The molecule has 1 rings (SSSR count). The molecule has 0 bridgehead atoms. The van der Waals surface area contributed by atoms with Gasteiger partial charge in [-0.25, -0.2) is 0 Å². The van der Waals surface area contributed by atoms with Crippen LogP contribution in [0.4, 0.5) is 0 Å². The lowest BCUT2D eigenvalue weighted by atomic mass is 9.83.